The lowest BCUT2D eigenvalue weighted by Gasteiger charge is -2.29. The van der Waals surface area contributed by atoms with Crippen LogP contribution in [0.4, 0.5) is 5.69 Å². The Labute approximate surface area is 167 Å². The largest absolute Gasteiger partial charge is 0.349 e. The molecule has 1 amide bonds. The standard InChI is InChI=1S/C22H28N2O3S/c1-16-11-13-19(14-12-16)24(3)28(26,27)20-9-6-8-18(15-20)22(25)23-21-10-5-4-7-17(21)2/h6,8-9,11-15,17,21H,4-5,7,10H2,1-3H3,(H,23,25)/t17-,21-/m0/s1. The molecule has 2 aromatic carbocycles. The van der Waals surface area contributed by atoms with E-state index in [1.807, 2.05) is 19.1 Å². The molecule has 2 atom stereocenters. The minimum Gasteiger partial charge on any atom is -0.349 e. The van der Waals surface area contributed by atoms with Gasteiger partial charge in [-0.1, -0.05) is 43.5 Å². The van der Waals surface area contributed by atoms with Crippen LogP contribution in [0.1, 0.15) is 48.5 Å². The fourth-order valence-corrected chi connectivity index (χ4v) is 4.87. The van der Waals surface area contributed by atoms with Gasteiger partial charge in [-0.3, -0.25) is 9.10 Å². The molecule has 2 aromatic rings. The van der Waals surface area contributed by atoms with Crippen LogP contribution in [0.15, 0.2) is 53.4 Å². The van der Waals surface area contributed by atoms with Crippen molar-refractivity contribution in [2.75, 3.05) is 11.4 Å². The van der Waals surface area contributed by atoms with Crippen LogP contribution >= 0.6 is 0 Å². The highest BCUT2D eigenvalue weighted by atomic mass is 32.2. The Kier molecular flexibility index (Phi) is 6.08. The smallest absolute Gasteiger partial charge is 0.264 e. The van der Waals surface area contributed by atoms with Crippen LogP contribution in [0.25, 0.3) is 0 Å². The molecule has 0 heterocycles. The van der Waals surface area contributed by atoms with Gasteiger partial charge in [-0.25, -0.2) is 8.42 Å². The van der Waals surface area contributed by atoms with Gasteiger partial charge < -0.3 is 5.32 Å². The molecule has 28 heavy (non-hydrogen) atoms. The van der Waals surface area contributed by atoms with Gasteiger partial charge in [0.1, 0.15) is 0 Å². The Morgan fingerprint density at radius 3 is 2.43 bits per heavy atom. The molecule has 0 saturated heterocycles. The first-order valence-electron chi connectivity index (χ1n) is 9.75. The van der Waals surface area contributed by atoms with Crippen LogP contribution in [0.3, 0.4) is 0 Å². The Hall–Kier alpha value is -2.34. The van der Waals surface area contributed by atoms with E-state index < -0.39 is 10.0 Å². The molecule has 1 aliphatic carbocycles. The van der Waals surface area contributed by atoms with E-state index in [0.717, 1.165) is 24.8 Å². The molecule has 1 N–H and O–H groups in total. The number of rotatable bonds is 5. The second-order valence-corrected chi connectivity index (χ2v) is 9.65. The summed E-state index contributed by atoms with van der Waals surface area (Å²) >= 11 is 0. The Morgan fingerprint density at radius 1 is 1.07 bits per heavy atom. The van der Waals surface area contributed by atoms with Crippen LogP contribution in [0, 0.1) is 12.8 Å². The van der Waals surface area contributed by atoms with Crippen molar-refractivity contribution in [3.05, 3.63) is 59.7 Å². The zero-order valence-corrected chi connectivity index (χ0v) is 17.5. The fourth-order valence-electron chi connectivity index (χ4n) is 3.63. The van der Waals surface area contributed by atoms with Crippen molar-refractivity contribution in [3.8, 4) is 0 Å². The maximum atomic E-state index is 13.0. The predicted octanol–water partition coefficient (Wildman–Crippen LogP) is 4.13. The summed E-state index contributed by atoms with van der Waals surface area (Å²) in [5, 5.41) is 3.08. The average Bonchev–Trinajstić information content (AvgIpc) is 2.70. The lowest BCUT2D eigenvalue weighted by atomic mass is 9.86. The van der Waals surface area contributed by atoms with Crippen molar-refractivity contribution >= 4 is 21.6 Å². The van der Waals surface area contributed by atoms with Gasteiger partial charge in [0.25, 0.3) is 15.9 Å². The van der Waals surface area contributed by atoms with E-state index in [-0.39, 0.29) is 16.8 Å². The number of hydrogen-bond acceptors (Lipinski definition) is 3. The van der Waals surface area contributed by atoms with E-state index in [1.165, 1.54) is 29.9 Å². The van der Waals surface area contributed by atoms with Crippen LogP contribution in [-0.2, 0) is 10.0 Å². The third-order valence-corrected chi connectivity index (χ3v) is 7.36. The highest BCUT2D eigenvalue weighted by molar-refractivity contribution is 7.92. The van der Waals surface area contributed by atoms with Crippen molar-refractivity contribution in [1.29, 1.82) is 0 Å². The molecule has 0 bridgehead atoms. The number of anilines is 1. The molecule has 0 unspecified atom stereocenters. The van der Waals surface area contributed by atoms with E-state index in [0.29, 0.717) is 17.2 Å². The van der Waals surface area contributed by atoms with Crippen LogP contribution < -0.4 is 9.62 Å². The van der Waals surface area contributed by atoms with Gasteiger partial charge in [0.05, 0.1) is 10.6 Å². The summed E-state index contributed by atoms with van der Waals surface area (Å²) < 4.78 is 27.3. The van der Waals surface area contributed by atoms with Gasteiger partial charge in [-0.2, -0.15) is 0 Å². The van der Waals surface area contributed by atoms with Gasteiger partial charge in [-0.05, 0) is 56.0 Å². The highest BCUT2D eigenvalue weighted by Gasteiger charge is 2.25. The average molecular weight is 401 g/mol. The lowest BCUT2D eigenvalue weighted by Crippen LogP contribution is -2.41. The van der Waals surface area contributed by atoms with Crippen molar-refractivity contribution < 1.29 is 13.2 Å². The minimum absolute atomic E-state index is 0.111. The molecular formula is C22H28N2O3S. The van der Waals surface area contributed by atoms with Crippen LogP contribution in [0.5, 0.6) is 0 Å². The Morgan fingerprint density at radius 2 is 1.75 bits per heavy atom. The molecule has 0 radical (unpaired) electrons. The maximum absolute atomic E-state index is 13.0. The topological polar surface area (TPSA) is 66.5 Å². The summed E-state index contributed by atoms with van der Waals surface area (Å²) in [6.45, 7) is 4.11. The number of carbonyl (C=O) groups excluding carboxylic acids is 1. The number of aryl methyl sites for hydroxylation is 1. The van der Waals surface area contributed by atoms with Gasteiger partial charge in [-0.15, -0.1) is 0 Å². The lowest BCUT2D eigenvalue weighted by molar-refractivity contribution is 0.0910. The second kappa shape index (κ2) is 8.35. The quantitative estimate of drug-likeness (QED) is 0.821. The van der Waals surface area contributed by atoms with E-state index >= 15 is 0 Å². The summed E-state index contributed by atoms with van der Waals surface area (Å²) in [5.41, 5.74) is 2.01. The normalized spacial score (nSPS) is 19.8. The van der Waals surface area contributed by atoms with Crippen molar-refractivity contribution in [3.63, 3.8) is 0 Å². The SMILES string of the molecule is Cc1ccc(N(C)S(=O)(=O)c2cccc(C(=O)N[C@H]3CCCC[C@@H]3C)c2)cc1. The molecule has 150 valence electrons. The zero-order chi connectivity index (χ0) is 20.3. The zero-order valence-electron chi connectivity index (χ0n) is 16.7. The number of nitrogens with zero attached hydrogens (tertiary/aromatic N) is 1. The predicted molar refractivity (Wildman–Crippen MR) is 112 cm³/mol. The number of nitrogens with one attached hydrogen (secondary N) is 1. The highest BCUT2D eigenvalue weighted by Crippen LogP contribution is 2.25. The van der Waals surface area contributed by atoms with Gasteiger partial charge >= 0.3 is 0 Å². The molecule has 0 spiro atoms. The monoisotopic (exact) mass is 400 g/mol. The van der Waals surface area contributed by atoms with Crippen LogP contribution in [0.2, 0.25) is 0 Å². The van der Waals surface area contributed by atoms with E-state index in [1.54, 1.807) is 24.3 Å². The third-order valence-electron chi connectivity index (χ3n) is 5.58. The van der Waals surface area contributed by atoms with Crippen LogP contribution in [-0.4, -0.2) is 27.4 Å². The Bertz CT molecular complexity index is 939. The summed E-state index contributed by atoms with van der Waals surface area (Å²) in [4.78, 5) is 12.8. The molecule has 1 aliphatic rings. The molecule has 0 aromatic heterocycles. The minimum atomic E-state index is -3.75. The van der Waals surface area contributed by atoms with Gasteiger partial charge in [0.15, 0.2) is 0 Å². The molecule has 0 aliphatic heterocycles. The molecule has 6 heteroatoms. The first kappa shape index (κ1) is 20.4. The van der Waals surface area contributed by atoms with E-state index in [4.69, 9.17) is 0 Å². The third kappa shape index (κ3) is 4.38. The first-order valence-corrected chi connectivity index (χ1v) is 11.2. The summed E-state index contributed by atoms with van der Waals surface area (Å²) in [5.74, 6) is 0.228. The van der Waals surface area contributed by atoms with Crippen molar-refractivity contribution in [2.24, 2.45) is 5.92 Å². The second-order valence-electron chi connectivity index (χ2n) is 7.68. The number of carbonyl (C=O) groups is 1. The van der Waals surface area contributed by atoms with E-state index in [2.05, 4.69) is 12.2 Å². The Balaban J connectivity index is 1.81. The summed E-state index contributed by atoms with van der Waals surface area (Å²) in [6, 6.07) is 13.7. The number of hydrogen-bond donors (Lipinski definition) is 1. The maximum Gasteiger partial charge on any atom is 0.264 e. The summed E-state index contributed by atoms with van der Waals surface area (Å²) in [7, 11) is -2.23. The molecule has 5 nitrogen and oxygen atoms in total. The van der Waals surface area contributed by atoms with Crippen molar-refractivity contribution in [1.82, 2.24) is 5.32 Å². The van der Waals surface area contributed by atoms with Crippen molar-refractivity contribution in [2.45, 2.75) is 50.5 Å². The number of sulfonamides is 1. The molecular weight excluding hydrogens is 372 g/mol. The molecule has 1 fully saturated rings. The number of amides is 1. The molecule has 1 saturated carbocycles. The molecule has 3 rings (SSSR count). The van der Waals surface area contributed by atoms with Gasteiger partial charge in [0, 0.05) is 18.7 Å². The fraction of sp³-hybridized carbons (Fsp3) is 0.409. The summed E-state index contributed by atoms with van der Waals surface area (Å²) in [6.07, 6.45) is 4.40. The van der Waals surface area contributed by atoms with Gasteiger partial charge in [0.2, 0.25) is 0 Å². The first-order chi connectivity index (χ1) is 13.3. The number of benzene rings is 2. The van der Waals surface area contributed by atoms with E-state index in [9.17, 15) is 13.2 Å².